The summed E-state index contributed by atoms with van der Waals surface area (Å²) < 4.78 is 0. The first kappa shape index (κ1) is 11.9. The summed E-state index contributed by atoms with van der Waals surface area (Å²) in [6.45, 7) is 2.41. The van der Waals surface area contributed by atoms with Crippen molar-refractivity contribution in [3.05, 3.63) is 0 Å². The number of rotatable bonds is 6. The van der Waals surface area contributed by atoms with Crippen LogP contribution in [0.1, 0.15) is 39.0 Å². The molecule has 0 bridgehead atoms. The van der Waals surface area contributed by atoms with E-state index in [1.165, 1.54) is 19.3 Å². The zero-order valence-corrected chi connectivity index (χ0v) is 10.2. The molecule has 0 aromatic heterocycles. The van der Waals surface area contributed by atoms with Crippen molar-refractivity contribution in [2.45, 2.75) is 56.7 Å². The van der Waals surface area contributed by atoms with E-state index in [4.69, 9.17) is 0 Å². The van der Waals surface area contributed by atoms with Gasteiger partial charge in [-0.05, 0) is 39.7 Å². The van der Waals surface area contributed by atoms with Crippen LogP contribution in [0.15, 0.2) is 0 Å². The molecule has 0 aromatic carbocycles. The Morgan fingerprint density at radius 2 is 2.06 bits per heavy atom. The van der Waals surface area contributed by atoms with Crippen molar-refractivity contribution in [2.24, 2.45) is 0 Å². The van der Waals surface area contributed by atoms with E-state index in [1.807, 2.05) is 14.0 Å². The normalized spacial score (nSPS) is 25.2. The Bertz CT molecular complexity index is 274. The molecule has 1 unspecified atom stereocenters. The largest absolute Gasteiger partial charge is 0.480 e. The highest BCUT2D eigenvalue weighted by Gasteiger charge is 2.40. The molecular formula is C12H22N2O2. The number of nitrogens with one attached hydrogen (secondary N) is 1. The van der Waals surface area contributed by atoms with Gasteiger partial charge in [-0.3, -0.25) is 10.1 Å². The van der Waals surface area contributed by atoms with Crippen LogP contribution in [-0.2, 0) is 4.79 Å². The van der Waals surface area contributed by atoms with Gasteiger partial charge in [-0.1, -0.05) is 6.42 Å². The average molecular weight is 226 g/mol. The van der Waals surface area contributed by atoms with E-state index >= 15 is 0 Å². The maximum atomic E-state index is 11.4. The van der Waals surface area contributed by atoms with Gasteiger partial charge in [-0.15, -0.1) is 0 Å². The molecule has 2 saturated carbocycles. The Kier molecular flexibility index (Phi) is 3.22. The lowest BCUT2D eigenvalue weighted by Crippen LogP contribution is -2.59. The molecule has 92 valence electrons. The molecule has 4 nitrogen and oxygen atoms in total. The third-order valence-electron chi connectivity index (χ3n) is 3.84. The van der Waals surface area contributed by atoms with Crippen LogP contribution in [0.5, 0.6) is 0 Å². The first-order valence-electron chi connectivity index (χ1n) is 6.22. The summed E-state index contributed by atoms with van der Waals surface area (Å²) in [7, 11) is 2.04. The minimum Gasteiger partial charge on any atom is -0.480 e. The highest BCUT2D eigenvalue weighted by molar-refractivity contribution is 5.78. The number of carboxylic acid groups (broad SMARTS) is 1. The number of carboxylic acids is 1. The Hall–Kier alpha value is -0.610. The standard InChI is InChI=1S/C12H22N2O2/c1-12(11(15)16,13-9-6-7-9)8-14(2)10-4-3-5-10/h9-10,13H,3-8H2,1-2H3,(H,15,16). The number of likely N-dealkylation sites (N-methyl/N-ethyl adjacent to an activating group) is 1. The van der Waals surface area contributed by atoms with Crippen LogP contribution in [0.2, 0.25) is 0 Å². The Morgan fingerprint density at radius 3 is 2.44 bits per heavy atom. The summed E-state index contributed by atoms with van der Waals surface area (Å²) in [5, 5.41) is 12.6. The minimum absolute atomic E-state index is 0.427. The highest BCUT2D eigenvalue weighted by atomic mass is 16.4. The number of carbonyl (C=O) groups is 1. The molecule has 0 saturated heterocycles. The quantitative estimate of drug-likeness (QED) is 0.711. The smallest absolute Gasteiger partial charge is 0.324 e. The average Bonchev–Trinajstić information content (AvgIpc) is 2.83. The first-order chi connectivity index (χ1) is 7.51. The minimum atomic E-state index is -0.786. The Morgan fingerprint density at radius 1 is 1.44 bits per heavy atom. The lowest BCUT2D eigenvalue weighted by molar-refractivity contribution is -0.145. The van der Waals surface area contributed by atoms with Crippen molar-refractivity contribution in [2.75, 3.05) is 13.6 Å². The van der Waals surface area contributed by atoms with Crippen molar-refractivity contribution in [1.82, 2.24) is 10.2 Å². The number of hydrogen-bond acceptors (Lipinski definition) is 3. The molecule has 2 fully saturated rings. The van der Waals surface area contributed by atoms with E-state index in [0.717, 1.165) is 12.8 Å². The van der Waals surface area contributed by atoms with Gasteiger partial charge < -0.3 is 10.0 Å². The van der Waals surface area contributed by atoms with Crippen LogP contribution in [-0.4, -0.2) is 47.2 Å². The van der Waals surface area contributed by atoms with Crippen LogP contribution in [0.25, 0.3) is 0 Å². The first-order valence-corrected chi connectivity index (χ1v) is 6.22. The second kappa shape index (κ2) is 4.34. The van der Waals surface area contributed by atoms with Crippen LogP contribution in [0.4, 0.5) is 0 Å². The molecule has 4 heteroatoms. The third-order valence-corrected chi connectivity index (χ3v) is 3.84. The predicted molar refractivity (Wildman–Crippen MR) is 62.5 cm³/mol. The molecule has 0 amide bonds. The van der Waals surface area contributed by atoms with Crippen molar-refractivity contribution in [3.63, 3.8) is 0 Å². The Labute approximate surface area is 97.0 Å². The van der Waals surface area contributed by atoms with Gasteiger partial charge in [0.25, 0.3) is 0 Å². The summed E-state index contributed by atoms with van der Waals surface area (Å²) >= 11 is 0. The molecule has 0 aliphatic heterocycles. The van der Waals surface area contributed by atoms with Crippen LogP contribution in [0.3, 0.4) is 0 Å². The van der Waals surface area contributed by atoms with E-state index in [2.05, 4.69) is 10.2 Å². The Balaban J connectivity index is 1.91. The molecule has 0 radical (unpaired) electrons. The topological polar surface area (TPSA) is 52.6 Å². The van der Waals surface area contributed by atoms with Gasteiger partial charge in [0.05, 0.1) is 0 Å². The summed E-state index contributed by atoms with van der Waals surface area (Å²) in [5.74, 6) is -0.731. The number of aliphatic carboxylic acids is 1. The molecule has 2 aliphatic rings. The van der Waals surface area contributed by atoms with Gasteiger partial charge >= 0.3 is 5.97 Å². The molecule has 0 spiro atoms. The van der Waals surface area contributed by atoms with Gasteiger partial charge in [0.2, 0.25) is 0 Å². The second-order valence-corrected chi connectivity index (χ2v) is 5.56. The van der Waals surface area contributed by atoms with Crippen LogP contribution < -0.4 is 5.32 Å². The van der Waals surface area contributed by atoms with E-state index in [1.54, 1.807) is 0 Å². The molecule has 0 aromatic rings. The van der Waals surface area contributed by atoms with Crippen molar-refractivity contribution in [1.29, 1.82) is 0 Å². The summed E-state index contributed by atoms with van der Waals surface area (Å²) in [6.07, 6.45) is 5.96. The molecule has 16 heavy (non-hydrogen) atoms. The summed E-state index contributed by atoms with van der Waals surface area (Å²) in [6, 6.07) is 1.02. The van der Waals surface area contributed by atoms with E-state index in [-0.39, 0.29) is 0 Å². The molecule has 0 heterocycles. The highest BCUT2D eigenvalue weighted by Crippen LogP contribution is 2.27. The van der Waals surface area contributed by atoms with Gasteiger partial charge in [0.15, 0.2) is 0 Å². The predicted octanol–water partition coefficient (Wildman–Crippen LogP) is 1.07. The SMILES string of the molecule is CN(CC(C)(NC1CC1)C(=O)O)C1CCC1. The van der Waals surface area contributed by atoms with Crippen LogP contribution in [0, 0.1) is 0 Å². The number of hydrogen-bond donors (Lipinski definition) is 2. The molecule has 1 atom stereocenters. The molecular weight excluding hydrogens is 204 g/mol. The maximum absolute atomic E-state index is 11.4. The van der Waals surface area contributed by atoms with Crippen molar-refractivity contribution >= 4 is 5.97 Å². The molecule has 2 aliphatic carbocycles. The summed E-state index contributed by atoms with van der Waals surface area (Å²) in [4.78, 5) is 13.6. The molecule has 2 rings (SSSR count). The van der Waals surface area contributed by atoms with E-state index in [9.17, 15) is 9.90 Å². The lowest BCUT2D eigenvalue weighted by Gasteiger charge is -2.39. The zero-order chi connectivity index (χ0) is 11.8. The number of nitrogens with zero attached hydrogens (tertiary/aromatic N) is 1. The lowest BCUT2D eigenvalue weighted by atomic mass is 9.90. The van der Waals surface area contributed by atoms with Gasteiger partial charge in [-0.25, -0.2) is 0 Å². The zero-order valence-electron chi connectivity index (χ0n) is 10.2. The fourth-order valence-electron chi connectivity index (χ4n) is 2.31. The van der Waals surface area contributed by atoms with Gasteiger partial charge in [0.1, 0.15) is 5.54 Å². The fraction of sp³-hybridized carbons (Fsp3) is 0.917. The second-order valence-electron chi connectivity index (χ2n) is 5.56. The summed E-state index contributed by atoms with van der Waals surface area (Å²) in [5.41, 5.74) is -0.786. The maximum Gasteiger partial charge on any atom is 0.324 e. The molecule has 2 N–H and O–H groups in total. The van der Waals surface area contributed by atoms with Gasteiger partial charge in [-0.2, -0.15) is 0 Å². The van der Waals surface area contributed by atoms with Crippen LogP contribution >= 0.6 is 0 Å². The van der Waals surface area contributed by atoms with E-state index < -0.39 is 11.5 Å². The van der Waals surface area contributed by atoms with Crippen molar-refractivity contribution < 1.29 is 9.90 Å². The van der Waals surface area contributed by atoms with E-state index in [0.29, 0.717) is 18.6 Å². The fourth-order valence-corrected chi connectivity index (χ4v) is 2.31. The third kappa shape index (κ3) is 2.55. The van der Waals surface area contributed by atoms with Crippen molar-refractivity contribution in [3.8, 4) is 0 Å². The van der Waals surface area contributed by atoms with Gasteiger partial charge in [0, 0.05) is 18.6 Å². The monoisotopic (exact) mass is 226 g/mol.